The van der Waals surface area contributed by atoms with Crippen LogP contribution in [0.25, 0.3) is 11.0 Å². The molecule has 8 nitrogen and oxygen atoms in total. The number of amides is 1. The highest BCUT2D eigenvalue weighted by Crippen LogP contribution is 2.29. The fourth-order valence-electron chi connectivity index (χ4n) is 2.60. The van der Waals surface area contributed by atoms with Gasteiger partial charge >= 0.3 is 0 Å². The summed E-state index contributed by atoms with van der Waals surface area (Å²) in [5.74, 6) is 1.07. The number of methoxy groups -OCH3 is 2. The molecule has 0 saturated heterocycles. The normalized spacial score (nSPS) is 11.8. The number of hydrogen-bond acceptors (Lipinski definition) is 6. The first-order valence-corrected chi connectivity index (χ1v) is 8.07. The van der Waals surface area contributed by atoms with Gasteiger partial charge in [-0.05, 0) is 42.5 Å². The standard InChI is InChI=1S/C18H20N4O4/c1-12(14-10-13(24-2)8-9-17(14)25-3)19-18(23)11-26-22-16-7-5-4-6-15(16)20-21-22/h4-10,12H,11H2,1-3H3,(H,19,23)/t12-/m1/s1. The van der Waals surface area contributed by atoms with E-state index in [2.05, 4.69) is 15.6 Å². The molecule has 3 rings (SSSR count). The summed E-state index contributed by atoms with van der Waals surface area (Å²) in [4.78, 5) is 18.9. The van der Waals surface area contributed by atoms with Gasteiger partial charge in [0, 0.05) is 5.56 Å². The molecule has 0 unspecified atom stereocenters. The molecule has 136 valence electrons. The third-order valence-electron chi connectivity index (χ3n) is 3.92. The first-order valence-electron chi connectivity index (χ1n) is 8.07. The lowest BCUT2D eigenvalue weighted by Crippen LogP contribution is -2.34. The lowest BCUT2D eigenvalue weighted by molar-refractivity contribution is -0.127. The highest BCUT2D eigenvalue weighted by Gasteiger charge is 2.16. The van der Waals surface area contributed by atoms with Crippen LogP contribution in [0.2, 0.25) is 0 Å². The van der Waals surface area contributed by atoms with Gasteiger partial charge in [0.1, 0.15) is 22.5 Å². The maximum absolute atomic E-state index is 12.2. The number of nitrogens with one attached hydrogen (secondary N) is 1. The molecule has 0 aliphatic carbocycles. The minimum atomic E-state index is -0.290. The van der Waals surface area contributed by atoms with Crippen LogP contribution < -0.4 is 19.6 Å². The highest BCUT2D eigenvalue weighted by molar-refractivity contribution is 5.78. The number of benzene rings is 2. The van der Waals surface area contributed by atoms with Gasteiger partial charge in [0.25, 0.3) is 5.91 Å². The van der Waals surface area contributed by atoms with Crippen LogP contribution in [0.5, 0.6) is 11.5 Å². The Morgan fingerprint density at radius 3 is 2.77 bits per heavy atom. The first-order chi connectivity index (χ1) is 12.6. The third kappa shape index (κ3) is 3.69. The van der Waals surface area contributed by atoms with E-state index in [0.29, 0.717) is 22.5 Å². The number of aromatic nitrogens is 3. The van der Waals surface area contributed by atoms with Crippen LogP contribution in [0.4, 0.5) is 0 Å². The number of rotatable bonds is 7. The molecule has 8 heteroatoms. The zero-order chi connectivity index (χ0) is 18.5. The molecule has 0 fully saturated rings. The van der Waals surface area contributed by atoms with E-state index in [-0.39, 0.29) is 18.6 Å². The Morgan fingerprint density at radius 1 is 1.19 bits per heavy atom. The second kappa shape index (κ2) is 7.73. The molecule has 0 bridgehead atoms. The summed E-state index contributed by atoms with van der Waals surface area (Å²) in [6.45, 7) is 1.67. The molecule has 0 aliphatic rings. The average molecular weight is 356 g/mol. The van der Waals surface area contributed by atoms with Crippen LogP contribution in [-0.4, -0.2) is 41.9 Å². The number of hydrogen-bond donors (Lipinski definition) is 1. The zero-order valence-corrected chi connectivity index (χ0v) is 14.8. The SMILES string of the molecule is COc1ccc(OC)c([C@@H](C)NC(=O)COn2nnc3ccccc32)c1. The third-order valence-corrected chi connectivity index (χ3v) is 3.92. The van der Waals surface area contributed by atoms with Gasteiger partial charge in [-0.3, -0.25) is 4.79 Å². The Hall–Kier alpha value is -3.29. The molecule has 26 heavy (non-hydrogen) atoms. The number of carbonyl (C=O) groups excluding carboxylic acids is 1. The maximum Gasteiger partial charge on any atom is 0.261 e. The lowest BCUT2D eigenvalue weighted by atomic mass is 10.1. The monoisotopic (exact) mass is 356 g/mol. The van der Waals surface area contributed by atoms with Crippen molar-refractivity contribution in [2.75, 3.05) is 20.8 Å². The molecular weight excluding hydrogens is 336 g/mol. The van der Waals surface area contributed by atoms with Gasteiger partial charge in [0.2, 0.25) is 0 Å². The van der Waals surface area contributed by atoms with Gasteiger partial charge < -0.3 is 19.6 Å². The second-order valence-corrected chi connectivity index (χ2v) is 5.62. The largest absolute Gasteiger partial charge is 0.497 e. The molecule has 1 aromatic heterocycles. The summed E-state index contributed by atoms with van der Waals surface area (Å²) >= 11 is 0. The van der Waals surface area contributed by atoms with Gasteiger partial charge in [0.05, 0.1) is 20.3 Å². The van der Waals surface area contributed by atoms with Crippen LogP contribution in [0.15, 0.2) is 42.5 Å². The van der Waals surface area contributed by atoms with Crippen molar-refractivity contribution in [2.45, 2.75) is 13.0 Å². The van der Waals surface area contributed by atoms with Crippen molar-refractivity contribution in [1.82, 2.24) is 20.5 Å². The van der Waals surface area contributed by atoms with Crippen LogP contribution in [-0.2, 0) is 4.79 Å². The van der Waals surface area contributed by atoms with Crippen molar-refractivity contribution >= 4 is 16.9 Å². The molecule has 1 atom stereocenters. The minimum absolute atomic E-state index is 0.190. The van der Waals surface area contributed by atoms with Crippen molar-refractivity contribution in [2.24, 2.45) is 0 Å². The van der Waals surface area contributed by atoms with Gasteiger partial charge in [-0.2, -0.15) is 0 Å². The Kier molecular flexibility index (Phi) is 5.21. The molecule has 3 aromatic rings. The van der Waals surface area contributed by atoms with Crippen molar-refractivity contribution in [3.05, 3.63) is 48.0 Å². The van der Waals surface area contributed by atoms with Crippen LogP contribution in [0, 0.1) is 0 Å². The predicted octanol–water partition coefficient (Wildman–Crippen LogP) is 1.75. The lowest BCUT2D eigenvalue weighted by Gasteiger charge is -2.18. The van der Waals surface area contributed by atoms with Crippen molar-refractivity contribution in [3.8, 4) is 11.5 Å². The quantitative estimate of drug-likeness (QED) is 0.694. The van der Waals surface area contributed by atoms with Crippen molar-refractivity contribution in [1.29, 1.82) is 0 Å². The smallest absolute Gasteiger partial charge is 0.261 e. The summed E-state index contributed by atoms with van der Waals surface area (Å²) in [5.41, 5.74) is 2.21. The number of ether oxygens (including phenoxy) is 2. The van der Waals surface area contributed by atoms with Gasteiger partial charge in [-0.25, -0.2) is 0 Å². The predicted molar refractivity (Wildman–Crippen MR) is 95.1 cm³/mol. The Bertz CT molecular complexity index is 909. The molecule has 1 N–H and O–H groups in total. The van der Waals surface area contributed by atoms with Gasteiger partial charge in [0.15, 0.2) is 6.61 Å². The summed E-state index contributed by atoms with van der Waals surface area (Å²) in [7, 11) is 3.17. The van der Waals surface area contributed by atoms with E-state index in [1.165, 1.54) is 4.85 Å². The van der Waals surface area contributed by atoms with E-state index in [1.807, 2.05) is 37.3 Å². The summed E-state index contributed by atoms with van der Waals surface area (Å²) in [6.07, 6.45) is 0. The summed E-state index contributed by atoms with van der Waals surface area (Å²) < 4.78 is 10.6. The van der Waals surface area contributed by atoms with E-state index in [4.69, 9.17) is 14.3 Å². The Labute approximate surface area is 150 Å². The zero-order valence-electron chi connectivity index (χ0n) is 14.8. The molecule has 0 aliphatic heterocycles. The fourth-order valence-corrected chi connectivity index (χ4v) is 2.60. The molecular formula is C18H20N4O4. The number of carbonyl (C=O) groups is 1. The molecule has 0 saturated carbocycles. The van der Waals surface area contributed by atoms with Crippen molar-refractivity contribution in [3.63, 3.8) is 0 Å². The summed E-state index contributed by atoms with van der Waals surface area (Å²) in [5, 5.41) is 10.7. The van der Waals surface area contributed by atoms with E-state index < -0.39 is 0 Å². The highest BCUT2D eigenvalue weighted by atomic mass is 16.7. The van der Waals surface area contributed by atoms with E-state index in [1.54, 1.807) is 26.4 Å². The number of nitrogens with zero attached hydrogens (tertiary/aromatic N) is 3. The van der Waals surface area contributed by atoms with Crippen LogP contribution >= 0.6 is 0 Å². The minimum Gasteiger partial charge on any atom is -0.497 e. The second-order valence-electron chi connectivity index (χ2n) is 5.62. The van der Waals surface area contributed by atoms with Crippen molar-refractivity contribution < 1.29 is 19.1 Å². The van der Waals surface area contributed by atoms with E-state index in [9.17, 15) is 4.79 Å². The number of fused-ring (bicyclic) bond motifs is 1. The first kappa shape index (κ1) is 17.5. The maximum atomic E-state index is 12.2. The van der Waals surface area contributed by atoms with Gasteiger partial charge in [-0.1, -0.05) is 17.0 Å². The topological polar surface area (TPSA) is 87.5 Å². The van der Waals surface area contributed by atoms with Crippen LogP contribution in [0.3, 0.4) is 0 Å². The molecule has 1 amide bonds. The molecule has 2 aromatic carbocycles. The van der Waals surface area contributed by atoms with E-state index in [0.717, 1.165) is 5.56 Å². The fraction of sp³-hybridized carbons (Fsp3) is 0.278. The Balaban J connectivity index is 1.64. The Morgan fingerprint density at radius 2 is 2.00 bits per heavy atom. The van der Waals surface area contributed by atoms with E-state index >= 15 is 0 Å². The number of para-hydroxylation sites is 1. The molecule has 1 heterocycles. The molecule has 0 radical (unpaired) electrons. The summed E-state index contributed by atoms with van der Waals surface area (Å²) in [6, 6.07) is 12.5. The van der Waals surface area contributed by atoms with Gasteiger partial charge in [-0.15, -0.1) is 5.10 Å². The van der Waals surface area contributed by atoms with Crippen LogP contribution in [0.1, 0.15) is 18.5 Å². The average Bonchev–Trinajstić information content (AvgIpc) is 3.09. The molecule has 0 spiro atoms.